The van der Waals surface area contributed by atoms with E-state index in [1.165, 1.54) is 0 Å². The van der Waals surface area contributed by atoms with Gasteiger partial charge < -0.3 is 16.4 Å². The van der Waals surface area contributed by atoms with Gasteiger partial charge in [-0.3, -0.25) is 4.79 Å². The number of nitrogens with zero attached hydrogens (tertiary/aromatic N) is 1. The molecule has 4 N–H and O–H groups in total. The molecule has 0 bridgehead atoms. The highest BCUT2D eigenvalue weighted by molar-refractivity contribution is 5.76. The van der Waals surface area contributed by atoms with Crippen LogP contribution in [0.15, 0.2) is 48.7 Å². The minimum atomic E-state index is 0.0749. The number of rotatable bonds is 9. The van der Waals surface area contributed by atoms with E-state index in [1.54, 1.807) is 6.20 Å². The molecule has 0 spiro atoms. The Bertz CT molecular complexity index is 601. The van der Waals surface area contributed by atoms with Crippen LogP contribution in [-0.2, 0) is 11.2 Å². The molecule has 5 nitrogen and oxygen atoms in total. The van der Waals surface area contributed by atoms with Crippen LogP contribution in [0.25, 0.3) is 0 Å². The van der Waals surface area contributed by atoms with E-state index in [0.717, 1.165) is 36.5 Å². The molecule has 0 unspecified atom stereocenters. The van der Waals surface area contributed by atoms with E-state index in [-0.39, 0.29) is 5.91 Å². The second-order valence-corrected chi connectivity index (χ2v) is 5.40. The van der Waals surface area contributed by atoms with Crippen molar-refractivity contribution in [2.45, 2.75) is 25.7 Å². The quantitative estimate of drug-likeness (QED) is 0.491. The molecular weight excluding hydrogens is 288 g/mol. The Kier molecular flexibility index (Phi) is 6.91. The first kappa shape index (κ1) is 16.8. The van der Waals surface area contributed by atoms with Crippen molar-refractivity contribution in [3.63, 3.8) is 0 Å². The summed E-state index contributed by atoms with van der Waals surface area (Å²) in [6, 6.07) is 13.5. The third-order valence-electron chi connectivity index (χ3n) is 3.57. The topological polar surface area (TPSA) is 80.0 Å². The number of unbranched alkanes of at least 4 members (excludes halogenated alkanes) is 1. The fourth-order valence-corrected chi connectivity index (χ4v) is 2.26. The Morgan fingerprint density at radius 1 is 1.04 bits per heavy atom. The molecule has 0 saturated carbocycles. The Hall–Kier alpha value is -2.56. The monoisotopic (exact) mass is 312 g/mol. The van der Waals surface area contributed by atoms with Crippen LogP contribution in [0.2, 0.25) is 0 Å². The molecule has 2 rings (SSSR count). The van der Waals surface area contributed by atoms with E-state index >= 15 is 0 Å². The van der Waals surface area contributed by atoms with Gasteiger partial charge in [0.15, 0.2) is 0 Å². The maximum absolute atomic E-state index is 11.8. The van der Waals surface area contributed by atoms with Crippen LogP contribution in [0, 0.1) is 0 Å². The van der Waals surface area contributed by atoms with Crippen molar-refractivity contribution in [3.8, 4) is 0 Å². The Morgan fingerprint density at radius 2 is 1.83 bits per heavy atom. The number of hydrogen-bond acceptors (Lipinski definition) is 4. The van der Waals surface area contributed by atoms with Crippen molar-refractivity contribution >= 4 is 17.4 Å². The lowest BCUT2D eigenvalue weighted by atomic mass is 10.1. The van der Waals surface area contributed by atoms with E-state index in [4.69, 9.17) is 5.73 Å². The number of aromatic nitrogens is 1. The van der Waals surface area contributed by atoms with Crippen molar-refractivity contribution in [1.82, 2.24) is 10.3 Å². The summed E-state index contributed by atoms with van der Waals surface area (Å²) >= 11 is 0. The molecule has 1 aromatic carbocycles. The highest BCUT2D eigenvalue weighted by Gasteiger charge is 2.03. The molecule has 0 atom stereocenters. The van der Waals surface area contributed by atoms with Gasteiger partial charge in [-0.1, -0.05) is 24.3 Å². The fourth-order valence-electron chi connectivity index (χ4n) is 2.26. The number of amides is 1. The summed E-state index contributed by atoms with van der Waals surface area (Å²) in [5, 5.41) is 6.20. The number of nitrogens with two attached hydrogens (primary N) is 1. The lowest BCUT2D eigenvalue weighted by Gasteiger charge is -2.08. The van der Waals surface area contributed by atoms with E-state index in [0.29, 0.717) is 19.4 Å². The number of nitrogens with one attached hydrogen (secondary N) is 2. The zero-order chi connectivity index (χ0) is 16.3. The first-order valence-electron chi connectivity index (χ1n) is 8.00. The van der Waals surface area contributed by atoms with E-state index in [9.17, 15) is 4.79 Å². The van der Waals surface area contributed by atoms with Gasteiger partial charge in [0.1, 0.15) is 5.82 Å². The minimum Gasteiger partial charge on any atom is -0.399 e. The Morgan fingerprint density at radius 3 is 2.61 bits per heavy atom. The summed E-state index contributed by atoms with van der Waals surface area (Å²) in [6.45, 7) is 1.56. The summed E-state index contributed by atoms with van der Waals surface area (Å²) in [7, 11) is 0. The van der Waals surface area contributed by atoms with Crippen LogP contribution >= 0.6 is 0 Å². The van der Waals surface area contributed by atoms with Crippen LogP contribution in [-0.4, -0.2) is 24.0 Å². The lowest BCUT2D eigenvalue weighted by molar-refractivity contribution is -0.121. The van der Waals surface area contributed by atoms with E-state index in [2.05, 4.69) is 15.6 Å². The van der Waals surface area contributed by atoms with Crippen LogP contribution in [0.4, 0.5) is 11.5 Å². The number of pyridine rings is 1. The summed E-state index contributed by atoms with van der Waals surface area (Å²) in [5.41, 5.74) is 7.65. The molecule has 0 aliphatic rings. The highest BCUT2D eigenvalue weighted by atomic mass is 16.1. The summed E-state index contributed by atoms with van der Waals surface area (Å²) in [6.07, 6.45) is 4.85. The highest BCUT2D eigenvalue weighted by Crippen LogP contribution is 2.12. The summed E-state index contributed by atoms with van der Waals surface area (Å²) in [5.74, 6) is 0.961. The predicted molar refractivity (Wildman–Crippen MR) is 94.1 cm³/mol. The maximum Gasteiger partial charge on any atom is 0.220 e. The van der Waals surface area contributed by atoms with E-state index in [1.807, 2.05) is 42.5 Å². The van der Waals surface area contributed by atoms with Crippen molar-refractivity contribution < 1.29 is 4.79 Å². The fraction of sp³-hybridized carbons (Fsp3) is 0.333. The van der Waals surface area contributed by atoms with Crippen molar-refractivity contribution in [1.29, 1.82) is 0 Å². The molecule has 122 valence electrons. The number of carbonyl (C=O) groups is 1. The molecule has 0 radical (unpaired) electrons. The molecule has 23 heavy (non-hydrogen) atoms. The van der Waals surface area contributed by atoms with Gasteiger partial charge >= 0.3 is 0 Å². The van der Waals surface area contributed by atoms with Crippen LogP contribution in [0.1, 0.15) is 24.8 Å². The van der Waals surface area contributed by atoms with Gasteiger partial charge in [-0.05, 0) is 43.0 Å². The predicted octanol–water partition coefficient (Wildman–Crippen LogP) is 2.60. The molecule has 1 amide bonds. The third-order valence-corrected chi connectivity index (χ3v) is 3.57. The second-order valence-electron chi connectivity index (χ2n) is 5.40. The van der Waals surface area contributed by atoms with Gasteiger partial charge in [0.05, 0.1) is 0 Å². The summed E-state index contributed by atoms with van der Waals surface area (Å²) in [4.78, 5) is 16.0. The second kappa shape index (κ2) is 9.46. The first-order valence-corrected chi connectivity index (χ1v) is 8.00. The molecule has 5 heteroatoms. The molecule has 0 aliphatic heterocycles. The van der Waals surface area contributed by atoms with Crippen LogP contribution in [0.3, 0.4) is 0 Å². The molecular formula is C18H24N4O. The molecule has 0 saturated heterocycles. The largest absolute Gasteiger partial charge is 0.399 e. The number of para-hydroxylation sites is 1. The van der Waals surface area contributed by atoms with Gasteiger partial charge in [-0.25, -0.2) is 4.98 Å². The molecule has 1 aromatic heterocycles. The van der Waals surface area contributed by atoms with Gasteiger partial charge in [0.2, 0.25) is 5.91 Å². The number of carbonyl (C=O) groups excluding carboxylic acids is 1. The van der Waals surface area contributed by atoms with Gasteiger partial charge in [-0.15, -0.1) is 0 Å². The van der Waals surface area contributed by atoms with Crippen molar-refractivity contribution in [3.05, 3.63) is 54.2 Å². The number of anilines is 2. The summed E-state index contributed by atoms with van der Waals surface area (Å²) < 4.78 is 0. The normalized spacial score (nSPS) is 10.3. The Balaban J connectivity index is 1.52. The third kappa shape index (κ3) is 6.38. The standard InChI is InChI=1S/C18H24N4O/c19-16-8-2-1-7-15(16)10-11-18(23)22-14-6-5-13-21-17-9-3-4-12-20-17/h1-4,7-9,12H,5-6,10-11,13-14,19H2,(H,20,21)(H,22,23). The number of nitrogen functional groups attached to an aromatic ring is 1. The molecule has 0 aliphatic carbocycles. The molecule has 1 heterocycles. The molecule has 0 fully saturated rings. The minimum absolute atomic E-state index is 0.0749. The Labute approximate surface area is 137 Å². The van der Waals surface area contributed by atoms with Gasteiger partial charge in [0, 0.05) is 31.4 Å². The first-order chi connectivity index (χ1) is 11.3. The van der Waals surface area contributed by atoms with Crippen molar-refractivity contribution in [2.75, 3.05) is 24.1 Å². The zero-order valence-corrected chi connectivity index (χ0v) is 13.3. The SMILES string of the molecule is Nc1ccccc1CCC(=O)NCCCCNc1ccccn1. The van der Waals surface area contributed by atoms with Gasteiger partial charge in [-0.2, -0.15) is 0 Å². The van der Waals surface area contributed by atoms with Crippen LogP contribution < -0.4 is 16.4 Å². The number of benzene rings is 1. The number of aryl methyl sites for hydroxylation is 1. The smallest absolute Gasteiger partial charge is 0.220 e. The number of hydrogen-bond donors (Lipinski definition) is 3. The lowest BCUT2D eigenvalue weighted by Crippen LogP contribution is -2.25. The average Bonchev–Trinajstić information content (AvgIpc) is 2.58. The van der Waals surface area contributed by atoms with E-state index < -0.39 is 0 Å². The van der Waals surface area contributed by atoms with Gasteiger partial charge in [0.25, 0.3) is 0 Å². The average molecular weight is 312 g/mol. The van der Waals surface area contributed by atoms with Crippen LogP contribution in [0.5, 0.6) is 0 Å². The van der Waals surface area contributed by atoms with Crippen molar-refractivity contribution in [2.24, 2.45) is 0 Å². The maximum atomic E-state index is 11.8. The molecule has 2 aromatic rings. The zero-order valence-electron chi connectivity index (χ0n) is 13.3.